The summed E-state index contributed by atoms with van der Waals surface area (Å²) in [6, 6.07) is 50.1. The normalized spacial score (nSPS) is 11.7. The van der Waals surface area contributed by atoms with E-state index in [0.717, 1.165) is 10.2 Å². The quantitative estimate of drug-likeness (QED) is 0.202. The SMILES string of the molecule is Brc1ccc(-c2ccc3c(c2)c2ccccc2n3-c2ccccc2)cc1-n1c2ccccc2c2ccccc21. The lowest BCUT2D eigenvalue weighted by Crippen LogP contribution is -1.96. The van der Waals surface area contributed by atoms with Crippen LogP contribution in [0.1, 0.15) is 0 Å². The Kier molecular flexibility index (Phi) is 5.01. The number of benzene rings is 6. The van der Waals surface area contributed by atoms with Gasteiger partial charge in [0.25, 0.3) is 0 Å². The molecule has 0 aliphatic heterocycles. The average Bonchev–Trinajstić information content (AvgIpc) is 3.51. The minimum absolute atomic E-state index is 1.07. The summed E-state index contributed by atoms with van der Waals surface area (Å²) < 4.78 is 5.80. The van der Waals surface area contributed by atoms with Gasteiger partial charge < -0.3 is 9.13 Å². The van der Waals surface area contributed by atoms with Crippen molar-refractivity contribution >= 4 is 59.5 Å². The largest absolute Gasteiger partial charge is 0.309 e. The zero-order valence-corrected chi connectivity index (χ0v) is 22.6. The fourth-order valence-corrected chi connectivity index (χ4v) is 6.48. The third kappa shape index (κ3) is 3.40. The van der Waals surface area contributed by atoms with Crippen molar-refractivity contribution in [2.75, 3.05) is 0 Å². The van der Waals surface area contributed by atoms with E-state index in [-0.39, 0.29) is 0 Å². The molecule has 0 amide bonds. The summed E-state index contributed by atoms with van der Waals surface area (Å²) in [4.78, 5) is 0. The van der Waals surface area contributed by atoms with E-state index in [1.165, 1.54) is 60.4 Å². The molecule has 8 aromatic rings. The zero-order valence-electron chi connectivity index (χ0n) is 21.1. The smallest absolute Gasteiger partial charge is 0.0610 e. The van der Waals surface area contributed by atoms with Crippen molar-refractivity contribution in [3.63, 3.8) is 0 Å². The van der Waals surface area contributed by atoms with Crippen LogP contribution in [0.4, 0.5) is 0 Å². The van der Waals surface area contributed by atoms with Gasteiger partial charge in [0.05, 0.1) is 27.8 Å². The summed E-state index contributed by atoms with van der Waals surface area (Å²) in [5.41, 5.74) is 9.55. The van der Waals surface area contributed by atoms with Crippen LogP contribution in [0.2, 0.25) is 0 Å². The Balaban J connectivity index is 1.36. The van der Waals surface area contributed by atoms with Gasteiger partial charge in [-0.3, -0.25) is 0 Å². The second kappa shape index (κ2) is 8.72. The van der Waals surface area contributed by atoms with Crippen LogP contribution in [0, 0.1) is 0 Å². The van der Waals surface area contributed by atoms with Crippen LogP contribution >= 0.6 is 15.9 Å². The molecule has 0 saturated heterocycles. The summed E-state index contributed by atoms with van der Waals surface area (Å²) in [7, 11) is 0. The van der Waals surface area contributed by atoms with E-state index in [2.05, 4.69) is 165 Å². The highest BCUT2D eigenvalue weighted by atomic mass is 79.9. The molecule has 0 atom stereocenters. The van der Waals surface area contributed by atoms with Crippen molar-refractivity contribution in [3.8, 4) is 22.5 Å². The lowest BCUT2D eigenvalue weighted by Gasteiger charge is -2.13. The molecule has 0 saturated carbocycles. The van der Waals surface area contributed by atoms with E-state index in [4.69, 9.17) is 0 Å². The molecule has 0 aliphatic rings. The number of fused-ring (bicyclic) bond motifs is 6. The molecule has 0 bridgehead atoms. The number of para-hydroxylation sites is 4. The number of hydrogen-bond acceptors (Lipinski definition) is 0. The van der Waals surface area contributed by atoms with Gasteiger partial charge in [-0.05, 0) is 81.7 Å². The second-order valence-corrected chi connectivity index (χ2v) is 10.8. The predicted octanol–water partition coefficient (Wildman–Crippen LogP) is 10.3. The van der Waals surface area contributed by atoms with E-state index in [1.807, 2.05) is 0 Å². The van der Waals surface area contributed by atoms with Gasteiger partial charge in [-0.15, -0.1) is 0 Å². The maximum Gasteiger partial charge on any atom is 0.0610 e. The van der Waals surface area contributed by atoms with Gasteiger partial charge in [0, 0.05) is 31.7 Å². The fraction of sp³-hybridized carbons (Fsp3) is 0. The highest BCUT2D eigenvalue weighted by Gasteiger charge is 2.16. The first-order valence-electron chi connectivity index (χ1n) is 13.1. The summed E-state index contributed by atoms with van der Waals surface area (Å²) in [5.74, 6) is 0. The van der Waals surface area contributed by atoms with Gasteiger partial charge in [0.1, 0.15) is 0 Å². The predicted molar refractivity (Wildman–Crippen MR) is 168 cm³/mol. The lowest BCUT2D eigenvalue weighted by molar-refractivity contribution is 1.17. The van der Waals surface area contributed by atoms with Gasteiger partial charge in [0.2, 0.25) is 0 Å². The molecule has 6 aromatic carbocycles. The van der Waals surface area contributed by atoms with Crippen LogP contribution in [0.3, 0.4) is 0 Å². The van der Waals surface area contributed by atoms with Gasteiger partial charge in [-0.2, -0.15) is 0 Å². The molecular weight excluding hydrogens is 540 g/mol. The molecule has 2 heterocycles. The van der Waals surface area contributed by atoms with Crippen LogP contribution < -0.4 is 0 Å². The molecule has 39 heavy (non-hydrogen) atoms. The number of nitrogens with zero attached hydrogens (tertiary/aromatic N) is 2. The van der Waals surface area contributed by atoms with Crippen molar-refractivity contribution in [2.45, 2.75) is 0 Å². The van der Waals surface area contributed by atoms with Crippen molar-refractivity contribution in [1.82, 2.24) is 9.13 Å². The third-order valence-corrected chi connectivity index (χ3v) is 8.46. The molecule has 0 fully saturated rings. The highest BCUT2D eigenvalue weighted by molar-refractivity contribution is 9.10. The standard InChI is InChI=1S/C36H23BrN2/c37-31-20-18-25(23-36(31)39-33-16-8-4-12-27(33)28-13-5-9-17-34(28)39)24-19-21-35-30(22-24)29-14-6-7-15-32(29)38(35)26-10-2-1-3-11-26/h1-23H. The molecular formula is C36H23BrN2. The van der Waals surface area contributed by atoms with Crippen molar-refractivity contribution in [2.24, 2.45) is 0 Å². The monoisotopic (exact) mass is 562 g/mol. The molecule has 2 nitrogen and oxygen atoms in total. The lowest BCUT2D eigenvalue weighted by atomic mass is 10.0. The average molecular weight is 563 g/mol. The summed E-state index contributed by atoms with van der Waals surface area (Å²) in [5, 5.41) is 5.05. The number of aromatic nitrogens is 2. The molecule has 0 spiro atoms. The van der Waals surface area contributed by atoms with Crippen molar-refractivity contribution in [3.05, 3.63) is 144 Å². The van der Waals surface area contributed by atoms with Gasteiger partial charge in [0.15, 0.2) is 0 Å². The van der Waals surface area contributed by atoms with Gasteiger partial charge in [-0.1, -0.05) is 84.9 Å². The first kappa shape index (κ1) is 22.4. The maximum absolute atomic E-state index is 3.87. The summed E-state index contributed by atoms with van der Waals surface area (Å²) in [6.45, 7) is 0. The van der Waals surface area contributed by atoms with E-state index in [0.29, 0.717) is 0 Å². The zero-order chi connectivity index (χ0) is 25.9. The van der Waals surface area contributed by atoms with Crippen LogP contribution in [0.25, 0.3) is 66.1 Å². The first-order valence-corrected chi connectivity index (χ1v) is 13.9. The number of rotatable bonds is 3. The highest BCUT2D eigenvalue weighted by Crippen LogP contribution is 2.38. The minimum Gasteiger partial charge on any atom is -0.309 e. The number of halogens is 1. The van der Waals surface area contributed by atoms with Gasteiger partial charge in [-0.25, -0.2) is 0 Å². The number of hydrogen-bond donors (Lipinski definition) is 0. The Morgan fingerprint density at radius 3 is 1.54 bits per heavy atom. The molecule has 3 heteroatoms. The Bertz CT molecular complexity index is 2130. The molecule has 0 aliphatic carbocycles. The van der Waals surface area contributed by atoms with Crippen LogP contribution in [-0.4, -0.2) is 9.13 Å². The van der Waals surface area contributed by atoms with Crippen molar-refractivity contribution < 1.29 is 0 Å². The van der Waals surface area contributed by atoms with E-state index < -0.39 is 0 Å². The molecule has 2 aromatic heterocycles. The fourth-order valence-electron chi connectivity index (χ4n) is 6.05. The van der Waals surface area contributed by atoms with E-state index >= 15 is 0 Å². The molecule has 8 rings (SSSR count). The Morgan fingerprint density at radius 1 is 0.385 bits per heavy atom. The molecule has 0 unspecified atom stereocenters. The summed E-state index contributed by atoms with van der Waals surface area (Å²) in [6.07, 6.45) is 0. The molecule has 0 N–H and O–H groups in total. The van der Waals surface area contributed by atoms with Crippen LogP contribution in [0.15, 0.2) is 144 Å². The Hall–Kier alpha value is -4.60. The van der Waals surface area contributed by atoms with E-state index in [1.54, 1.807) is 0 Å². The van der Waals surface area contributed by atoms with Crippen LogP contribution in [-0.2, 0) is 0 Å². The molecule has 184 valence electrons. The third-order valence-electron chi connectivity index (χ3n) is 7.79. The second-order valence-electron chi connectivity index (χ2n) is 9.96. The van der Waals surface area contributed by atoms with Crippen molar-refractivity contribution in [1.29, 1.82) is 0 Å². The maximum atomic E-state index is 3.87. The van der Waals surface area contributed by atoms with Crippen LogP contribution in [0.5, 0.6) is 0 Å². The minimum atomic E-state index is 1.07. The van der Waals surface area contributed by atoms with E-state index in [9.17, 15) is 0 Å². The Labute approximate surface area is 234 Å². The first-order chi connectivity index (χ1) is 19.3. The molecule has 0 radical (unpaired) electrons. The topological polar surface area (TPSA) is 9.86 Å². The Morgan fingerprint density at radius 2 is 0.872 bits per heavy atom. The van der Waals surface area contributed by atoms with Gasteiger partial charge >= 0.3 is 0 Å². The summed E-state index contributed by atoms with van der Waals surface area (Å²) >= 11 is 3.87.